The van der Waals surface area contributed by atoms with Gasteiger partial charge in [-0.1, -0.05) is 37.3 Å². The molecule has 2 N–H and O–H groups in total. The third-order valence-electron chi connectivity index (χ3n) is 3.24. The fourth-order valence-electron chi connectivity index (χ4n) is 1.94. The molecular weight excluding hydrogens is 307 g/mol. The van der Waals surface area contributed by atoms with Gasteiger partial charge in [-0.3, -0.25) is 15.6 Å². The molecule has 1 atom stereocenters. The van der Waals surface area contributed by atoms with Gasteiger partial charge < -0.3 is 0 Å². The number of nitrogens with zero attached hydrogens (tertiary/aromatic N) is 1. The Morgan fingerprint density at radius 3 is 2.43 bits per heavy atom. The van der Waals surface area contributed by atoms with Crippen molar-refractivity contribution in [2.24, 2.45) is 5.92 Å². The summed E-state index contributed by atoms with van der Waals surface area (Å²) >= 11 is 0. The van der Waals surface area contributed by atoms with Crippen LogP contribution in [0.3, 0.4) is 0 Å². The molecule has 0 saturated heterocycles. The summed E-state index contributed by atoms with van der Waals surface area (Å²) in [6, 6.07) is 11.6. The Hall–Kier alpha value is -2.57. The highest BCUT2D eigenvalue weighted by molar-refractivity contribution is 5.79. The third kappa shape index (κ3) is 4.98. The average Bonchev–Trinajstić information content (AvgIpc) is 2.53. The van der Waals surface area contributed by atoms with Crippen molar-refractivity contribution in [1.82, 2.24) is 10.4 Å². The molecule has 1 amide bonds. The number of hydrogen-bond donors (Lipinski definition) is 2. The lowest BCUT2D eigenvalue weighted by Gasteiger charge is -2.14. The molecule has 0 fully saturated rings. The molecule has 0 bridgehead atoms. The Labute approximate surface area is 131 Å². The molecule has 23 heavy (non-hydrogen) atoms. The van der Waals surface area contributed by atoms with Gasteiger partial charge in [0.05, 0.1) is 5.56 Å². The number of anilines is 1. The van der Waals surface area contributed by atoms with Crippen molar-refractivity contribution >= 4 is 11.7 Å². The summed E-state index contributed by atoms with van der Waals surface area (Å²) in [6.07, 6.45) is -3.16. The van der Waals surface area contributed by atoms with E-state index < -0.39 is 11.7 Å². The summed E-state index contributed by atoms with van der Waals surface area (Å²) in [5.41, 5.74) is 5.15. The summed E-state index contributed by atoms with van der Waals surface area (Å²) in [6.45, 7) is 1.77. The van der Waals surface area contributed by atoms with Crippen LogP contribution in [0.1, 0.15) is 18.1 Å². The van der Waals surface area contributed by atoms with Crippen molar-refractivity contribution in [1.29, 1.82) is 0 Å². The van der Waals surface area contributed by atoms with Crippen LogP contribution in [-0.4, -0.2) is 10.9 Å². The van der Waals surface area contributed by atoms with Crippen LogP contribution in [0, 0.1) is 5.92 Å². The first-order chi connectivity index (χ1) is 10.9. The topological polar surface area (TPSA) is 54.0 Å². The molecule has 0 aliphatic heterocycles. The number of carbonyl (C=O) groups excluding carboxylic acids is 1. The summed E-state index contributed by atoms with van der Waals surface area (Å²) in [5, 5.41) is 0. The fraction of sp³-hybridized carbons (Fsp3) is 0.250. The maximum Gasteiger partial charge on any atom is 0.417 e. The van der Waals surface area contributed by atoms with Gasteiger partial charge in [0.15, 0.2) is 0 Å². The van der Waals surface area contributed by atoms with Crippen LogP contribution in [0.5, 0.6) is 0 Å². The Bertz CT molecular complexity index is 642. The van der Waals surface area contributed by atoms with E-state index in [-0.39, 0.29) is 17.6 Å². The number of carbonyl (C=O) groups is 1. The van der Waals surface area contributed by atoms with Gasteiger partial charge in [-0.25, -0.2) is 4.98 Å². The van der Waals surface area contributed by atoms with E-state index in [0.29, 0.717) is 12.6 Å². The average molecular weight is 323 g/mol. The predicted molar refractivity (Wildman–Crippen MR) is 80.3 cm³/mol. The van der Waals surface area contributed by atoms with Crippen LogP contribution in [0.25, 0.3) is 0 Å². The van der Waals surface area contributed by atoms with Gasteiger partial charge in [0, 0.05) is 12.1 Å². The van der Waals surface area contributed by atoms with Crippen molar-refractivity contribution < 1.29 is 18.0 Å². The van der Waals surface area contributed by atoms with Gasteiger partial charge in [-0.15, -0.1) is 0 Å². The fourth-order valence-corrected chi connectivity index (χ4v) is 1.94. The van der Waals surface area contributed by atoms with Gasteiger partial charge in [0.2, 0.25) is 5.91 Å². The van der Waals surface area contributed by atoms with E-state index in [1.54, 1.807) is 6.92 Å². The van der Waals surface area contributed by atoms with E-state index in [4.69, 9.17) is 0 Å². The molecular formula is C16H16F3N3O. The molecule has 0 spiro atoms. The zero-order valence-corrected chi connectivity index (χ0v) is 12.4. The molecule has 2 rings (SSSR count). The monoisotopic (exact) mass is 323 g/mol. The highest BCUT2D eigenvalue weighted by atomic mass is 19.4. The van der Waals surface area contributed by atoms with Gasteiger partial charge in [0.25, 0.3) is 0 Å². The van der Waals surface area contributed by atoms with Crippen LogP contribution >= 0.6 is 0 Å². The lowest BCUT2D eigenvalue weighted by Crippen LogP contribution is -2.35. The first-order valence-electron chi connectivity index (χ1n) is 6.99. The second-order valence-corrected chi connectivity index (χ2v) is 5.13. The van der Waals surface area contributed by atoms with E-state index in [1.807, 2.05) is 30.3 Å². The quantitative estimate of drug-likeness (QED) is 0.829. The molecule has 7 heteroatoms. The van der Waals surface area contributed by atoms with Gasteiger partial charge in [0.1, 0.15) is 5.82 Å². The summed E-state index contributed by atoms with van der Waals surface area (Å²) in [7, 11) is 0. The zero-order valence-electron chi connectivity index (χ0n) is 12.4. The molecule has 0 radical (unpaired) electrons. The SMILES string of the molecule is C[C@H](Cc1ccccc1)C(=O)NNc1ccc(C(F)(F)F)cn1. The third-order valence-corrected chi connectivity index (χ3v) is 3.24. The highest BCUT2D eigenvalue weighted by Gasteiger charge is 2.30. The lowest BCUT2D eigenvalue weighted by molar-refractivity contribution is -0.137. The number of aromatic nitrogens is 1. The van der Waals surface area contributed by atoms with E-state index in [2.05, 4.69) is 15.8 Å². The number of benzene rings is 1. The van der Waals surface area contributed by atoms with Crippen molar-refractivity contribution in [2.45, 2.75) is 19.5 Å². The number of alkyl halides is 3. The van der Waals surface area contributed by atoms with Crippen molar-refractivity contribution in [3.8, 4) is 0 Å². The van der Waals surface area contributed by atoms with Crippen LogP contribution in [-0.2, 0) is 17.4 Å². The molecule has 1 aromatic heterocycles. The first kappa shape index (κ1) is 16.8. The second kappa shape index (κ2) is 7.13. The van der Waals surface area contributed by atoms with Crippen molar-refractivity contribution in [3.05, 3.63) is 59.8 Å². The second-order valence-electron chi connectivity index (χ2n) is 5.13. The van der Waals surface area contributed by atoms with Crippen LogP contribution in [0.4, 0.5) is 19.0 Å². The molecule has 122 valence electrons. The Balaban J connectivity index is 1.86. The van der Waals surface area contributed by atoms with E-state index in [1.165, 1.54) is 0 Å². The van der Waals surface area contributed by atoms with Crippen molar-refractivity contribution in [2.75, 3.05) is 5.43 Å². The molecule has 4 nitrogen and oxygen atoms in total. The smallest absolute Gasteiger partial charge is 0.282 e. The lowest BCUT2D eigenvalue weighted by atomic mass is 10.0. The maximum absolute atomic E-state index is 12.4. The number of halogens is 3. The summed E-state index contributed by atoms with van der Waals surface area (Å²) in [5.74, 6) is -0.423. The number of amides is 1. The maximum atomic E-state index is 12.4. The Morgan fingerprint density at radius 2 is 1.87 bits per heavy atom. The van der Waals surface area contributed by atoms with Gasteiger partial charge in [-0.2, -0.15) is 13.2 Å². The number of rotatable bonds is 5. The molecule has 0 aliphatic rings. The number of pyridine rings is 1. The minimum Gasteiger partial charge on any atom is -0.282 e. The minimum absolute atomic E-state index is 0.137. The largest absolute Gasteiger partial charge is 0.417 e. The Morgan fingerprint density at radius 1 is 1.17 bits per heavy atom. The Kier molecular flexibility index (Phi) is 5.20. The molecule has 1 heterocycles. The van der Waals surface area contributed by atoms with Gasteiger partial charge >= 0.3 is 6.18 Å². The van der Waals surface area contributed by atoms with E-state index >= 15 is 0 Å². The highest BCUT2D eigenvalue weighted by Crippen LogP contribution is 2.28. The number of nitrogens with one attached hydrogen (secondary N) is 2. The first-order valence-corrected chi connectivity index (χ1v) is 6.99. The van der Waals surface area contributed by atoms with E-state index in [9.17, 15) is 18.0 Å². The molecule has 0 saturated carbocycles. The number of hydrogen-bond acceptors (Lipinski definition) is 3. The number of hydrazine groups is 1. The standard InChI is InChI=1S/C16H16F3N3O/c1-11(9-12-5-3-2-4-6-12)15(23)22-21-14-8-7-13(10-20-14)16(17,18)19/h2-8,10-11H,9H2,1H3,(H,20,21)(H,22,23)/t11-/m1/s1. The molecule has 0 aliphatic carbocycles. The van der Waals surface area contributed by atoms with Crippen LogP contribution < -0.4 is 10.9 Å². The minimum atomic E-state index is -4.43. The van der Waals surface area contributed by atoms with Crippen LogP contribution in [0.15, 0.2) is 48.7 Å². The molecule has 1 aromatic carbocycles. The van der Waals surface area contributed by atoms with Crippen molar-refractivity contribution in [3.63, 3.8) is 0 Å². The zero-order chi connectivity index (χ0) is 16.9. The molecule has 2 aromatic rings. The van der Waals surface area contributed by atoms with Crippen LogP contribution in [0.2, 0.25) is 0 Å². The summed E-state index contributed by atoms with van der Waals surface area (Å²) in [4.78, 5) is 15.6. The van der Waals surface area contributed by atoms with E-state index in [0.717, 1.165) is 17.7 Å². The predicted octanol–water partition coefficient (Wildman–Crippen LogP) is 3.42. The summed E-state index contributed by atoms with van der Waals surface area (Å²) < 4.78 is 37.2. The normalized spacial score (nSPS) is 12.5. The molecule has 0 unspecified atom stereocenters. The van der Waals surface area contributed by atoms with Gasteiger partial charge in [-0.05, 0) is 24.1 Å².